The van der Waals surface area contributed by atoms with Gasteiger partial charge >= 0.3 is 0 Å². The summed E-state index contributed by atoms with van der Waals surface area (Å²) in [6.45, 7) is 0. The summed E-state index contributed by atoms with van der Waals surface area (Å²) in [6.07, 6.45) is 0. The first-order valence-electron chi connectivity index (χ1n) is 18.8. The molecule has 12 aromatic rings. The van der Waals surface area contributed by atoms with Crippen molar-refractivity contribution in [2.24, 2.45) is 0 Å². The number of nitrogens with zero attached hydrogens (tertiary/aromatic N) is 3. The molecule has 9 aromatic carbocycles. The molecule has 3 heterocycles. The number of benzene rings is 9. The molecule has 56 heavy (non-hydrogen) atoms. The number of furan rings is 2. The van der Waals surface area contributed by atoms with Gasteiger partial charge in [-0.15, -0.1) is 0 Å². The van der Waals surface area contributed by atoms with E-state index in [0.717, 1.165) is 71.7 Å². The first-order valence-corrected chi connectivity index (χ1v) is 18.8. The van der Waals surface area contributed by atoms with Crippen molar-refractivity contribution in [2.75, 3.05) is 0 Å². The van der Waals surface area contributed by atoms with Gasteiger partial charge in [-0.1, -0.05) is 140 Å². The van der Waals surface area contributed by atoms with Crippen LogP contribution in [0.1, 0.15) is 0 Å². The van der Waals surface area contributed by atoms with Crippen LogP contribution in [-0.4, -0.2) is 15.0 Å². The topological polar surface area (TPSA) is 65.0 Å². The summed E-state index contributed by atoms with van der Waals surface area (Å²) in [5.41, 5.74) is 8.22. The average Bonchev–Trinajstić information content (AvgIpc) is 3.85. The Balaban J connectivity index is 1.04. The average molecular weight is 716 g/mol. The van der Waals surface area contributed by atoms with Crippen LogP contribution >= 0.6 is 0 Å². The second-order valence-electron chi connectivity index (χ2n) is 14.3. The molecule has 3 aromatic heterocycles. The van der Waals surface area contributed by atoms with E-state index in [0.29, 0.717) is 17.5 Å². The standard InChI is InChI=1S/C51H29N3O2/c1-2-12-30(13-3-1)49-52-50(31-24-26-37-35-16-5-4-14-33(35)34-15-6-7-17-36(34)42(37)28-31)54-51(53-49)32-25-27-41-46(29-32)56-45-23-11-20-39(48(41)45)38-19-10-22-44-47(38)40-18-8-9-21-43(40)55-44/h1-29H. The zero-order chi connectivity index (χ0) is 36.7. The van der Waals surface area contributed by atoms with Gasteiger partial charge in [-0.05, 0) is 79.8 Å². The molecule has 260 valence electrons. The third-order valence-corrected chi connectivity index (χ3v) is 11.1. The molecule has 5 nitrogen and oxygen atoms in total. The van der Waals surface area contributed by atoms with Crippen molar-refractivity contribution in [3.05, 3.63) is 176 Å². The summed E-state index contributed by atoms with van der Waals surface area (Å²) in [4.78, 5) is 15.3. The third-order valence-electron chi connectivity index (χ3n) is 11.1. The molecule has 0 aliphatic carbocycles. The molecular formula is C51H29N3O2. The van der Waals surface area contributed by atoms with Crippen molar-refractivity contribution >= 4 is 76.2 Å². The molecule has 0 N–H and O–H groups in total. The van der Waals surface area contributed by atoms with Gasteiger partial charge in [-0.25, -0.2) is 15.0 Å². The van der Waals surface area contributed by atoms with Crippen molar-refractivity contribution in [3.63, 3.8) is 0 Å². The number of hydrogen-bond donors (Lipinski definition) is 0. The molecule has 0 saturated heterocycles. The molecule has 0 aliphatic heterocycles. The molecule has 12 rings (SSSR count). The van der Waals surface area contributed by atoms with E-state index in [1.165, 1.54) is 32.3 Å². The van der Waals surface area contributed by atoms with Crippen LogP contribution in [0.4, 0.5) is 0 Å². The van der Waals surface area contributed by atoms with E-state index in [2.05, 4.69) is 121 Å². The number of fused-ring (bicyclic) bond motifs is 12. The lowest BCUT2D eigenvalue weighted by molar-refractivity contribution is 0.668. The van der Waals surface area contributed by atoms with Gasteiger partial charge in [0.2, 0.25) is 0 Å². The maximum Gasteiger partial charge on any atom is 0.164 e. The van der Waals surface area contributed by atoms with Crippen molar-refractivity contribution in [1.82, 2.24) is 15.0 Å². The fourth-order valence-electron chi connectivity index (χ4n) is 8.59. The van der Waals surface area contributed by atoms with E-state index in [9.17, 15) is 0 Å². The summed E-state index contributed by atoms with van der Waals surface area (Å²) in [7, 11) is 0. The van der Waals surface area contributed by atoms with Crippen molar-refractivity contribution in [3.8, 4) is 45.3 Å². The van der Waals surface area contributed by atoms with Crippen LogP contribution in [0.3, 0.4) is 0 Å². The zero-order valence-corrected chi connectivity index (χ0v) is 29.9. The van der Waals surface area contributed by atoms with Crippen molar-refractivity contribution < 1.29 is 8.83 Å². The van der Waals surface area contributed by atoms with Gasteiger partial charge in [0.25, 0.3) is 0 Å². The van der Waals surface area contributed by atoms with Crippen molar-refractivity contribution in [1.29, 1.82) is 0 Å². The molecule has 0 amide bonds. The quantitative estimate of drug-likeness (QED) is 0.170. The first kappa shape index (κ1) is 30.8. The Bertz CT molecular complexity index is 3510. The Morgan fingerprint density at radius 2 is 0.696 bits per heavy atom. The van der Waals surface area contributed by atoms with Gasteiger partial charge < -0.3 is 8.83 Å². The van der Waals surface area contributed by atoms with Gasteiger partial charge in [0.15, 0.2) is 17.5 Å². The smallest absolute Gasteiger partial charge is 0.164 e. The maximum atomic E-state index is 6.62. The molecule has 0 spiro atoms. The Hall–Kier alpha value is -7.63. The zero-order valence-electron chi connectivity index (χ0n) is 29.9. The van der Waals surface area contributed by atoms with Crippen LogP contribution in [0.5, 0.6) is 0 Å². The lowest BCUT2D eigenvalue weighted by Crippen LogP contribution is -2.00. The highest BCUT2D eigenvalue weighted by Gasteiger charge is 2.20. The summed E-state index contributed by atoms with van der Waals surface area (Å²) in [5.74, 6) is 1.80. The molecule has 5 heteroatoms. The number of aromatic nitrogens is 3. The minimum absolute atomic E-state index is 0.578. The fraction of sp³-hybridized carbons (Fsp3) is 0. The number of para-hydroxylation sites is 1. The van der Waals surface area contributed by atoms with E-state index in [1.807, 2.05) is 54.6 Å². The van der Waals surface area contributed by atoms with E-state index < -0.39 is 0 Å². The van der Waals surface area contributed by atoms with Gasteiger partial charge in [0.1, 0.15) is 22.3 Å². The monoisotopic (exact) mass is 715 g/mol. The highest BCUT2D eigenvalue weighted by Crippen LogP contribution is 2.43. The van der Waals surface area contributed by atoms with E-state index in [4.69, 9.17) is 23.8 Å². The van der Waals surface area contributed by atoms with Crippen LogP contribution in [0.2, 0.25) is 0 Å². The molecule has 0 bridgehead atoms. The Morgan fingerprint density at radius 1 is 0.268 bits per heavy atom. The van der Waals surface area contributed by atoms with Crippen LogP contribution in [0.25, 0.3) is 121 Å². The van der Waals surface area contributed by atoms with E-state index >= 15 is 0 Å². The lowest BCUT2D eigenvalue weighted by atomic mass is 9.93. The van der Waals surface area contributed by atoms with Crippen LogP contribution in [0.15, 0.2) is 185 Å². The van der Waals surface area contributed by atoms with Gasteiger partial charge in [-0.2, -0.15) is 0 Å². The van der Waals surface area contributed by atoms with Crippen LogP contribution < -0.4 is 0 Å². The highest BCUT2D eigenvalue weighted by molar-refractivity contribution is 6.26. The Labute approximate surface area is 320 Å². The fourth-order valence-corrected chi connectivity index (χ4v) is 8.59. The Kier molecular flexibility index (Phi) is 6.56. The minimum Gasteiger partial charge on any atom is -0.456 e. The molecule has 0 atom stereocenters. The molecule has 0 unspecified atom stereocenters. The second kappa shape index (κ2) is 11.9. The summed E-state index contributed by atoms with van der Waals surface area (Å²) in [6, 6.07) is 60.9. The largest absolute Gasteiger partial charge is 0.456 e. The predicted octanol–water partition coefficient (Wildman–Crippen LogP) is 13.8. The van der Waals surface area contributed by atoms with Crippen molar-refractivity contribution in [2.45, 2.75) is 0 Å². The minimum atomic E-state index is 0.578. The normalized spacial score (nSPS) is 11.9. The first-order chi connectivity index (χ1) is 27.7. The third kappa shape index (κ3) is 4.64. The molecule has 0 radical (unpaired) electrons. The van der Waals surface area contributed by atoms with Gasteiger partial charge in [0.05, 0.1) is 0 Å². The van der Waals surface area contributed by atoms with Crippen LogP contribution in [0, 0.1) is 0 Å². The van der Waals surface area contributed by atoms with Gasteiger partial charge in [-0.3, -0.25) is 0 Å². The lowest BCUT2D eigenvalue weighted by Gasteiger charge is -2.12. The predicted molar refractivity (Wildman–Crippen MR) is 229 cm³/mol. The van der Waals surface area contributed by atoms with E-state index in [1.54, 1.807) is 0 Å². The summed E-state index contributed by atoms with van der Waals surface area (Å²) >= 11 is 0. The van der Waals surface area contributed by atoms with Gasteiger partial charge in [0, 0.05) is 38.2 Å². The Morgan fingerprint density at radius 3 is 1.32 bits per heavy atom. The summed E-state index contributed by atoms with van der Waals surface area (Å²) < 4.78 is 12.9. The highest BCUT2D eigenvalue weighted by atomic mass is 16.3. The second-order valence-corrected chi connectivity index (χ2v) is 14.3. The number of hydrogen-bond acceptors (Lipinski definition) is 5. The number of rotatable bonds is 4. The SMILES string of the molecule is c1ccc(-c2nc(-c3ccc4c(c3)oc3cccc(-c5cccc6oc7ccccc7c56)c34)nc(-c3ccc4c5ccccc5c5ccccc5c4c3)n2)cc1. The summed E-state index contributed by atoms with van der Waals surface area (Å²) in [5, 5.41) is 11.5. The molecule has 0 aliphatic rings. The van der Waals surface area contributed by atoms with Crippen LogP contribution in [-0.2, 0) is 0 Å². The van der Waals surface area contributed by atoms with E-state index in [-0.39, 0.29) is 0 Å². The molecule has 0 saturated carbocycles. The molecular weight excluding hydrogens is 687 g/mol. The maximum absolute atomic E-state index is 6.62. The molecule has 0 fully saturated rings.